The van der Waals surface area contributed by atoms with Crippen LogP contribution in [0.4, 0.5) is 0 Å². The first kappa shape index (κ1) is 16.7. The van der Waals surface area contributed by atoms with Gasteiger partial charge in [-0.25, -0.2) is 4.98 Å². The first-order valence-corrected chi connectivity index (χ1v) is 9.31. The van der Waals surface area contributed by atoms with Crippen LogP contribution in [-0.4, -0.2) is 9.19 Å². The quantitative estimate of drug-likeness (QED) is 0.640. The van der Waals surface area contributed by atoms with Crippen LogP contribution in [0.3, 0.4) is 0 Å². The predicted molar refractivity (Wildman–Crippen MR) is 98.1 cm³/mol. The highest BCUT2D eigenvalue weighted by Gasteiger charge is 2.25. The normalized spacial score (nSPS) is 15.0. The van der Waals surface area contributed by atoms with Gasteiger partial charge in [0.05, 0.1) is 11.4 Å². The topological polar surface area (TPSA) is 43.1 Å². The highest BCUT2D eigenvalue weighted by molar-refractivity contribution is 7.85. The third-order valence-corrected chi connectivity index (χ3v) is 6.01. The van der Waals surface area contributed by atoms with Crippen LogP contribution < -0.4 is 0 Å². The molecule has 3 aromatic rings. The second kappa shape index (κ2) is 7.14. The van der Waals surface area contributed by atoms with Gasteiger partial charge < -0.3 is 4.42 Å². The molecule has 0 aliphatic carbocycles. The van der Waals surface area contributed by atoms with Crippen molar-refractivity contribution in [1.82, 2.24) is 4.98 Å². The van der Waals surface area contributed by atoms with Crippen molar-refractivity contribution in [1.29, 1.82) is 0 Å². The molecule has 0 bridgehead atoms. The van der Waals surface area contributed by atoms with E-state index in [1.807, 2.05) is 69.3 Å². The van der Waals surface area contributed by atoms with Crippen molar-refractivity contribution in [2.24, 2.45) is 0 Å². The van der Waals surface area contributed by atoms with E-state index in [2.05, 4.69) is 11.1 Å². The van der Waals surface area contributed by atoms with E-state index in [4.69, 9.17) is 4.42 Å². The summed E-state index contributed by atoms with van der Waals surface area (Å²) < 4.78 is 18.8. The van der Waals surface area contributed by atoms with E-state index in [9.17, 15) is 4.21 Å². The van der Waals surface area contributed by atoms with Crippen molar-refractivity contribution in [3.63, 3.8) is 0 Å². The second-order valence-electron chi connectivity index (χ2n) is 5.96. The van der Waals surface area contributed by atoms with E-state index in [0.29, 0.717) is 11.7 Å². The van der Waals surface area contributed by atoms with Crippen LogP contribution in [0, 0.1) is 6.92 Å². The molecule has 0 aliphatic heterocycles. The van der Waals surface area contributed by atoms with Crippen molar-refractivity contribution < 1.29 is 8.63 Å². The minimum atomic E-state index is -1.12. The Balaban J connectivity index is 1.80. The van der Waals surface area contributed by atoms with Gasteiger partial charge in [-0.05, 0) is 26.3 Å². The minimum absolute atomic E-state index is 0.0769. The number of hydrogen-bond donors (Lipinski definition) is 0. The third kappa shape index (κ3) is 3.49. The number of nitrogens with zero attached hydrogens (tertiary/aromatic N) is 1. The molecule has 0 saturated heterocycles. The van der Waals surface area contributed by atoms with Crippen LogP contribution in [0.5, 0.6) is 0 Å². The fraction of sp³-hybridized carbons (Fsp3) is 0.250. The molecule has 0 N–H and O–H groups in total. The monoisotopic (exact) mass is 339 g/mol. The lowest BCUT2D eigenvalue weighted by Gasteiger charge is -2.16. The molecule has 2 aromatic carbocycles. The molecule has 1 heterocycles. The van der Waals surface area contributed by atoms with Crippen LogP contribution in [0.15, 0.2) is 65.2 Å². The molecule has 124 valence electrons. The van der Waals surface area contributed by atoms with Gasteiger partial charge in [-0.2, -0.15) is 0 Å². The molecular formula is C20H21NO2S. The van der Waals surface area contributed by atoms with Crippen molar-refractivity contribution in [3.8, 4) is 11.3 Å². The van der Waals surface area contributed by atoms with Gasteiger partial charge in [0, 0.05) is 16.4 Å². The second-order valence-corrected chi connectivity index (χ2v) is 8.03. The molecule has 3 atom stereocenters. The average molecular weight is 339 g/mol. The average Bonchev–Trinajstić information content (AvgIpc) is 3.10. The largest absolute Gasteiger partial charge is 0.439 e. The number of hydrogen-bond acceptors (Lipinski definition) is 3. The zero-order valence-corrected chi connectivity index (χ0v) is 14.9. The maximum Gasteiger partial charge on any atom is 0.210 e. The first-order valence-electron chi connectivity index (χ1n) is 8.03. The van der Waals surface area contributed by atoms with Crippen LogP contribution in [0.25, 0.3) is 11.3 Å². The molecule has 3 rings (SSSR count). The zero-order valence-electron chi connectivity index (χ0n) is 14.1. The standard InChI is InChI=1S/C20H21NO2S/c1-14-8-7-11-18(12-14)15(2)24(22)16(3)20-21-13-19(23-20)17-9-5-4-6-10-17/h4-13,15-16H,1-3H3/t15-,16+,24+/m0/s1. The predicted octanol–water partition coefficient (Wildman–Crippen LogP) is 5.22. The first-order chi connectivity index (χ1) is 11.6. The molecule has 0 saturated carbocycles. The molecule has 0 amide bonds. The summed E-state index contributed by atoms with van der Waals surface area (Å²) in [7, 11) is -1.12. The van der Waals surface area contributed by atoms with E-state index in [-0.39, 0.29) is 10.5 Å². The molecule has 4 heteroatoms. The van der Waals surface area contributed by atoms with Gasteiger partial charge in [0.25, 0.3) is 0 Å². The van der Waals surface area contributed by atoms with Crippen molar-refractivity contribution in [3.05, 3.63) is 77.8 Å². The summed E-state index contributed by atoms with van der Waals surface area (Å²) in [5.41, 5.74) is 3.22. The Morgan fingerprint density at radius 3 is 2.46 bits per heavy atom. The Bertz CT molecular complexity index is 842. The molecule has 24 heavy (non-hydrogen) atoms. The smallest absolute Gasteiger partial charge is 0.210 e. The molecule has 0 unspecified atom stereocenters. The molecule has 1 aromatic heterocycles. The van der Waals surface area contributed by atoms with Crippen LogP contribution in [-0.2, 0) is 10.8 Å². The summed E-state index contributed by atoms with van der Waals surface area (Å²) in [6.07, 6.45) is 1.70. The SMILES string of the molecule is Cc1cccc([C@H](C)[S@@](=O)[C@H](C)c2ncc(-c3ccccc3)o2)c1. The zero-order chi connectivity index (χ0) is 17.1. The fourth-order valence-corrected chi connectivity index (χ4v) is 4.01. The number of aryl methyl sites for hydroxylation is 1. The lowest BCUT2D eigenvalue weighted by atomic mass is 10.1. The lowest BCUT2D eigenvalue weighted by Crippen LogP contribution is -2.10. The third-order valence-electron chi connectivity index (χ3n) is 4.14. The van der Waals surface area contributed by atoms with E-state index in [1.165, 1.54) is 5.56 Å². The van der Waals surface area contributed by atoms with E-state index >= 15 is 0 Å². The molecule has 0 aliphatic rings. The van der Waals surface area contributed by atoms with Crippen molar-refractivity contribution in [2.45, 2.75) is 31.3 Å². The summed E-state index contributed by atoms with van der Waals surface area (Å²) >= 11 is 0. The van der Waals surface area contributed by atoms with Gasteiger partial charge in [-0.1, -0.05) is 60.2 Å². The summed E-state index contributed by atoms with van der Waals surface area (Å²) in [4.78, 5) is 4.35. The maximum atomic E-state index is 12.9. The summed E-state index contributed by atoms with van der Waals surface area (Å²) in [5.74, 6) is 1.23. The van der Waals surface area contributed by atoms with E-state index in [1.54, 1.807) is 6.20 Å². The van der Waals surface area contributed by atoms with Crippen LogP contribution in [0.1, 0.15) is 41.4 Å². The van der Waals surface area contributed by atoms with Crippen LogP contribution >= 0.6 is 0 Å². The summed E-state index contributed by atoms with van der Waals surface area (Å²) in [5, 5.41) is -0.343. The van der Waals surface area contributed by atoms with Crippen LogP contribution in [0.2, 0.25) is 0 Å². The minimum Gasteiger partial charge on any atom is -0.439 e. The number of aromatic nitrogens is 1. The van der Waals surface area contributed by atoms with Gasteiger partial charge in [-0.3, -0.25) is 4.21 Å². The Labute approximate surface area is 145 Å². The highest BCUT2D eigenvalue weighted by atomic mass is 32.2. The Morgan fingerprint density at radius 1 is 1.00 bits per heavy atom. The van der Waals surface area contributed by atoms with Gasteiger partial charge in [0.15, 0.2) is 5.76 Å². The number of benzene rings is 2. The van der Waals surface area contributed by atoms with Gasteiger partial charge in [0.1, 0.15) is 5.25 Å². The highest BCUT2D eigenvalue weighted by Crippen LogP contribution is 2.31. The maximum absolute atomic E-state index is 12.9. The molecular weight excluding hydrogens is 318 g/mol. The van der Waals surface area contributed by atoms with Gasteiger partial charge in [0.2, 0.25) is 5.89 Å². The van der Waals surface area contributed by atoms with Gasteiger partial charge >= 0.3 is 0 Å². The van der Waals surface area contributed by atoms with E-state index < -0.39 is 10.8 Å². The fourth-order valence-electron chi connectivity index (χ4n) is 2.67. The lowest BCUT2D eigenvalue weighted by molar-refractivity contribution is 0.504. The number of oxazole rings is 1. The Morgan fingerprint density at radius 2 is 1.75 bits per heavy atom. The van der Waals surface area contributed by atoms with Gasteiger partial charge in [-0.15, -0.1) is 0 Å². The molecule has 3 nitrogen and oxygen atoms in total. The van der Waals surface area contributed by atoms with E-state index in [0.717, 1.165) is 11.1 Å². The van der Waals surface area contributed by atoms with Crippen molar-refractivity contribution in [2.75, 3.05) is 0 Å². The molecule has 0 spiro atoms. The molecule has 0 radical (unpaired) electrons. The molecule has 0 fully saturated rings. The summed E-state index contributed by atoms with van der Waals surface area (Å²) in [6, 6.07) is 18.0. The van der Waals surface area contributed by atoms with Crippen molar-refractivity contribution >= 4 is 10.8 Å². The number of rotatable bonds is 5. The summed E-state index contributed by atoms with van der Waals surface area (Å²) in [6.45, 7) is 5.94. The Kier molecular flexibility index (Phi) is 4.95. The Hall–Kier alpha value is -2.20.